The molecular weight excluding hydrogens is 228 g/mol. The van der Waals surface area contributed by atoms with Crippen LogP contribution in [0.4, 0.5) is 0 Å². The fraction of sp³-hybridized carbons (Fsp3) is 0. The Hall–Kier alpha value is -1.79. The maximum absolute atomic E-state index is 6.47. The van der Waals surface area contributed by atoms with Crippen LogP contribution < -0.4 is 0 Å². The quantitative estimate of drug-likeness (QED) is 0.506. The van der Waals surface area contributed by atoms with Crippen molar-refractivity contribution >= 4 is 39.2 Å². The molecule has 3 rings (SSSR count). The molecule has 0 fully saturated rings. The van der Waals surface area contributed by atoms with Crippen LogP contribution >= 0.6 is 11.6 Å². The standard InChI is InChI=1S/C16H11Cl/c1-2-11-12-7-3-5-9-14(12)16(17)15-10-6-4-8-13(11)15/h2-10H,1H2. The fourth-order valence-corrected chi connectivity index (χ4v) is 2.66. The number of rotatable bonds is 1. The number of benzene rings is 3. The minimum atomic E-state index is 0.821. The predicted molar refractivity (Wildman–Crippen MR) is 76.6 cm³/mol. The van der Waals surface area contributed by atoms with Crippen LogP contribution in [-0.4, -0.2) is 0 Å². The summed E-state index contributed by atoms with van der Waals surface area (Å²) in [4.78, 5) is 0. The van der Waals surface area contributed by atoms with Crippen molar-refractivity contribution in [2.75, 3.05) is 0 Å². The molecule has 1 heteroatoms. The first kappa shape index (κ1) is 10.4. The Kier molecular flexibility index (Phi) is 2.38. The molecule has 0 aliphatic carbocycles. The summed E-state index contributed by atoms with van der Waals surface area (Å²) in [5.74, 6) is 0. The van der Waals surface area contributed by atoms with Crippen molar-refractivity contribution < 1.29 is 0 Å². The molecular formula is C16H11Cl. The van der Waals surface area contributed by atoms with Crippen molar-refractivity contribution in [3.63, 3.8) is 0 Å². The van der Waals surface area contributed by atoms with Crippen LogP contribution in [0.5, 0.6) is 0 Å². The van der Waals surface area contributed by atoms with Gasteiger partial charge in [-0.3, -0.25) is 0 Å². The van der Waals surface area contributed by atoms with Crippen molar-refractivity contribution in [3.05, 3.63) is 65.7 Å². The second kappa shape index (κ2) is 3.90. The molecule has 0 saturated heterocycles. The van der Waals surface area contributed by atoms with Gasteiger partial charge >= 0.3 is 0 Å². The van der Waals surface area contributed by atoms with Gasteiger partial charge in [0.1, 0.15) is 0 Å². The first-order valence-electron chi connectivity index (χ1n) is 5.54. The van der Waals surface area contributed by atoms with Gasteiger partial charge in [-0.1, -0.05) is 72.8 Å². The summed E-state index contributed by atoms with van der Waals surface area (Å²) in [5.41, 5.74) is 1.15. The van der Waals surface area contributed by atoms with E-state index in [4.69, 9.17) is 11.6 Å². The molecule has 0 bridgehead atoms. The summed E-state index contributed by atoms with van der Waals surface area (Å²) in [6.07, 6.45) is 1.90. The van der Waals surface area contributed by atoms with Crippen molar-refractivity contribution in [2.24, 2.45) is 0 Å². The summed E-state index contributed by atoms with van der Waals surface area (Å²) in [5, 5.41) is 5.31. The van der Waals surface area contributed by atoms with E-state index in [2.05, 4.69) is 30.8 Å². The van der Waals surface area contributed by atoms with Crippen molar-refractivity contribution in [1.29, 1.82) is 0 Å². The summed E-state index contributed by atoms with van der Waals surface area (Å²) in [6.45, 7) is 3.92. The van der Waals surface area contributed by atoms with E-state index >= 15 is 0 Å². The van der Waals surface area contributed by atoms with Crippen molar-refractivity contribution in [3.8, 4) is 0 Å². The Balaban J connectivity index is 2.68. The SMILES string of the molecule is C=Cc1c2ccccc2c(Cl)c2ccccc12. The van der Waals surface area contributed by atoms with Gasteiger partial charge < -0.3 is 0 Å². The summed E-state index contributed by atoms with van der Waals surface area (Å²) in [6, 6.07) is 16.4. The zero-order chi connectivity index (χ0) is 11.8. The van der Waals surface area contributed by atoms with Crippen molar-refractivity contribution in [2.45, 2.75) is 0 Å². The van der Waals surface area contributed by atoms with Gasteiger partial charge in [0.25, 0.3) is 0 Å². The molecule has 0 spiro atoms. The molecule has 0 radical (unpaired) electrons. The van der Waals surface area contributed by atoms with Crippen LogP contribution in [0.1, 0.15) is 5.56 Å². The molecule has 0 aliphatic rings. The molecule has 0 saturated carbocycles. The molecule has 0 amide bonds. The summed E-state index contributed by atoms with van der Waals surface area (Å²) >= 11 is 6.47. The third-order valence-corrected chi connectivity index (χ3v) is 3.52. The molecule has 0 nitrogen and oxygen atoms in total. The Bertz CT molecular complexity index is 669. The Morgan fingerprint density at radius 1 is 0.765 bits per heavy atom. The van der Waals surface area contributed by atoms with E-state index in [-0.39, 0.29) is 0 Å². The highest BCUT2D eigenvalue weighted by atomic mass is 35.5. The predicted octanol–water partition coefficient (Wildman–Crippen LogP) is 5.29. The van der Waals surface area contributed by atoms with Gasteiger partial charge in [-0.05, 0) is 16.3 Å². The number of hydrogen-bond donors (Lipinski definition) is 0. The lowest BCUT2D eigenvalue weighted by Crippen LogP contribution is -1.84. The van der Waals surface area contributed by atoms with E-state index in [1.165, 1.54) is 0 Å². The number of fused-ring (bicyclic) bond motifs is 2. The Morgan fingerprint density at radius 2 is 1.18 bits per heavy atom. The molecule has 3 aromatic carbocycles. The molecule has 3 aromatic rings. The zero-order valence-corrected chi connectivity index (χ0v) is 10.0. The minimum absolute atomic E-state index is 0.821. The van der Waals surface area contributed by atoms with E-state index in [1.54, 1.807) is 0 Å². The third kappa shape index (κ3) is 1.45. The van der Waals surface area contributed by atoms with Crippen LogP contribution in [0.2, 0.25) is 5.02 Å². The number of hydrogen-bond acceptors (Lipinski definition) is 0. The average Bonchev–Trinajstić information content (AvgIpc) is 2.40. The number of halogens is 1. The van der Waals surface area contributed by atoms with Crippen molar-refractivity contribution in [1.82, 2.24) is 0 Å². The molecule has 0 aliphatic heterocycles. The zero-order valence-electron chi connectivity index (χ0n) is 9.28. The van der Waals surface area contributed by atoms with Crippen LogP contribution in [0, 0.1) is 0 Å². The normalized spacial score (nSPS) is 10.9. The van der Waals surface area contributed by atoms with Crippen LogP contribution in [-0.2, 0) is 0 Å². The van der Waals surface area contributed by atoms with Crippen LogP contribution in [0.15, 0.2) is 55.1 Å². The van der Waals surface area contributed by atoms with Gasteiger partial charge in [0.15, 0.2) is 0 Å². The lowest BCUT2D eigenvalue weighted by atomic mass is 9.97. The van der Waals surface area contributed by atoms with E-state index in [0.29, 0.717) is 0 Å². The minimum Gasteiger partial charge on any atom is -0.0984 e. The van der Waals surface area contributed by atoms with Gasteiger partial charge in [0.2, 0.25) is 0 Å². The second-order valence-corrected chi connectivity index (χ2v) is 4.40. The molecule has 0 atom stereocenters. The Labute approximate surface area is 105 Å². The molecule has 0 N–H and O–H groups in total. The molecule has 17 heavy (non-hydrogen) atoms. The smallest absolute Gasteiger partial charge is 0.0563 e. The lowest BCUT2D eigenvalue weighted by Gasteiger charge is -2.10. The first-order valence-corrected chi connectivity index (χ1v) is 5.92. The summed E-state index contributed by atoms with van der Waals surface area (Å²) in [7, 11) is 0. The van der Waals surface area contributed by atoms with E-state index in [9.17, 15) is 0 Å². The Morgan fingerprint density at radius 3 is 1.59 bits per heavy atom. The van der Waals surface area contributed by atoms with Crippen LogP contribution in [0.25, 0.3) is 27.6 Å². The van der Waals surface area contributed by atoms with Gasteiger partial charge in [0.05, 0.1) is 5.02 Å². The summed E-state index contributed by atoms with van der Waals surface area (Å²) < 4.78 is 0. The maximum Gasteiger partial charge on any atom is 0.0563 e. The fourth-order valence-electron chi connectivity index (χ4n) is 2.33. The van der Waals surface area contributed by atoms with Gasteiger partial charge in [-0.2, -0.15) is 0 Å². The average molecular weight is 239 g/mol. The highest BCUT2D eigenvalue weighted by Gasteiger charge is 2.09. The van der Waals surface area contributed by atoms with E-state index < -0.39 is 0 Å². The van der Waals surface area contributed by atoms with Gasteiger partial charge in [-0.15, -0.1) is 0 Å². The largest absolute Gasteiger partial charge is 0.0984 e. The molecule has 0 aromatic heterocycles. The lowest BCUT2D eigenvalue weighted by molar-refractivity contribution is 1.74. The molecule has 82 valence electrons. The topological polar surface area (TPSA) is 0 Å². The monoisotopic (exact) mass is 238 g/mol. The molecule has 0 heterocycles. The molecule has 0 unspecified atom stereocenters. The highest BCUT2D eigenvalue weighted by molar-refractivity contribution is 6.41. The first-order chi connectivity index (χ1) is 8.33. The van der Waals surface area contributed by atoms with Crippen LogP contribution in [0.3, 0.4) is 0 Å². The van der Waals surface area contributed by atoms with Gasteiger partial charge in [-0.25, -0.2) is 0 Å². The van der Waals surface area contributed by atoms with E-state index in [0.717, 1.165) is 32.1 Å². The maximum atomic E-state index is 6.47. The van der Waals surface area contributed by atoms with Gasteiger partial charge in [0, 0.05) is 10.8 Å². The highest BCUT2D eigenvalue weighted by Crippen LogP contribution is 2.36. The second-order valence-electron chi connectivity index (χ2n) is 4.02. The van der Waals surface area contributed by atoms with E-state index in [1.807, 2.05) is 30.3 Å². The third-order valence-electron chi connectivity index (χ3n) is 3.11.